The highest BCUT2D eigenvalue weighted by Gasteiger charge is 2.17. The van der Waals surface area contributed by atoms with Gasteiger partial charge in [-0.05, 0) is 90.7 Å². The minimum absolute atomic E-state index is 0.640. The van der Waals surface area contributed by atoms with Crippen LogP contribution in [0.2, 0.25) is 0 Å². The van der Waals surface area contributed by atoms with E-state index < -0.39 is 0 Å². The molecule has 5 heteroatoms. The van der Waals surface area contributed by atoms with Crippen molar-refractivity contribution < 1.29 is 0 Å². The lowest BCUT2D eigenvalue weighted by Crippen LogP contribution is -2.00. The van der Waals surface area contributed by atoms with E-state index in [4.69, 9.17) is 15.0 Å². The highest BCUT2D eigenvalue weighted by molar-refractivity contribution is 6.11. The fourth-order valence-electron chi connectivity index (χ4n) is 9.26. The maximum Gasteiger partial charge on any atom is 0.164 e. The Labute approximate surface area is 371 Å². The van der Waals surface area contributed by atoms with Gasteiger partial charge in [0.1, 0.15) is 0 Å². The van der Waals surface area contributed by atoms with Crippen LogP contribution >= 0.6 is 0 Å². The van der Waals surface area contributed by atoms with E-state index in [0.29, 0.717) is 17.5 Å². The van der Waals surface area contributed by atoms with Gasteiger partial charge in [0.15, 0.2) is 17.5 Å². The number of hydrogen-bond donors (Lipinski definition) is 0. The van der Waals surface area contributed by atoms with Gasteiger partial charge in [-0.2, -0.15) is 0 Å². The number of aryl methyl sites for hydroxylation is 2. The van der Waals surface area contributed by atoms with E-state index in [0.717, 1.165) is 39.2 Å². The Morgan fingerprint density at radius 3 is 1.23 bits per heavy atom. The average molecular weight is 820 g/mol. The molecule has 0 saturated carbocycles. The summed E-state index contributed by atoms with van der Waals surface area (Å²) in [5.74, 6) is 1.95. The Morgan fingerprint density at radius 1 is 0.266 bits per heavy atom. The van der Waals surface area contributed by atoms with Crippen molar-refractivity contribution in [2.24, 2.45) is 0 Å². The zero-order valence-electron chi connectivity index (χ0n) is 35.4. The minimum Gasteiger partial charge on any atom is -0.309 e. The molecule has 0 atom stereocenters. The molecule has 0 bridgehead atoms. The van der Waals surface area contributed by atoms with E-state index in [9.17, 15) is 0 Å². The highest BCUT2D eigenvalue weighted by atomic mass is 15.0. The van der Waals surface area contributed by atoms with Crippen molar-refractivity contribution in [1.29, 1.82) is 0 Å². The number of hydrogen-bond acceptors (Lipinski definition) is 3. The van der Waals surface area contributed by atoms with Gasteiger partial charge in [-0.15, -0.1) is 0 Å². The first kappa shape index (κ1) is 37.4. The molecule has 5 nitrogen and oxygen atoms in total. The third kappa shape index (κ3) is 6.45. The molecule has 0 radical (unpaired) electrons. The number of fused-ring (bicyclic) bond motifs is 6. The Morgan fingerprint density at radius 2 is 0.672 bits per heavy atom. The summed E-state index contributed by atoms with van der Waals surface area (Å²) in [7, 11) is 0. The Balaban J connectivity index is 0.921. The topological polar surface area (TPSA) is 48.5 Å². The van der Waals surface area contributed by atoms with Crippen LogP contribution in [0.3, 0.4) is 0 Å². The SMILES string of the molecule is Cc1ccc(-c2nc(-c3ccc(C)cc3)nc(-c3cccc(-c4ccc(-n5c6ccccc6c6ccc(-c7cccc(-n8c9ccccc9c9ccccc98)c7)cc65)cc4)c3)n2)cc1. The first-order chi connectivity index (χ1) is 31.5. The van der Waals surface area contributed by atoms with Crippen LogP contribution in [0.25, 0.3) is 111 Å². The molecule has 0 amide bonds. The molecule has 3 aromatic heterocycles. The van der Waals surface area contributed by atoms with Gasteiger partial charge in [-0.1, -0.05) is 169 Å². The first-order valence-electron chi connectivity index (χ1n) is 21.8. The van der Waals surface area contributed by atoms with Crippen molar-refractivity contribution in [1.82, 2.24) is 24.1 Å². The van der Waals surface area contributed by atoms with Gasteiger partial charge >= 0.3 is 0 Å². The summed E-state index contributed by atoms with van der Waals surface area (Å²) in [6.07, 6.45) is 0. The van der Waals surface area contributed by atoms with Crippen LogP contribution in [0.1, 0.15) is 11.1 Å². The molecule has 0 aliphatic rings. The molecular formula is C59H41N5. The quantitative estimate of drug-likeness (QED) is 0.161. The van der Waals surface area contributed by atoms with Crippen LogP contribution in [0.15, 0.2) is 212 Å². The molecule has 0 unspecified atom stereocenters. The molecule has 3 heterocycles. The third-order valence-corrected chi connectivity index (χ3v) is 12.5. The third-order valence-electron chi connectivity index (χ3n) is 12.5. The van der Waals surface area contributed by atoms with Crippen molar-refractivity contribution in [2.75, 3.05) is 0 Å². The maximum atomic E-state index is 5.03. The average Bonchev–Trinajstić information content (AvgIpc) is 3.87. The number of nitrogens with zero attached hydrogens (tertiary/aromatic N) is 5. The van der Waals surface area contributed by atoms with Crippen LogP contribution in [0.4, 0.5) is 0 Å². The molecule has 0 fully saturated rings. The van der Waals surface area contributed by atoms with E-state index in [1.54, 1.807) is 0 Å². The van der Waals surface area contributed by atoms with E-state index in [1.807, 2.05) is 0 Å². The van der Waals surface area contributed by atoms with E-state index in [1.165, 1.54) is 65.9 Å². The van der Waals surface area contributed by atoms with E-state index in [2.05, 4.69) is 235 Å². The summed E-state index contributed by atoms with van der Waals surface area (Å²) >= 11 is 0. The molecule has 302 valence electrons. The molecule has 9 aromatic carbocycles. The molecule has 0 N–H and O–H groups in total. The maximum absolute atomic E-state index is 5.03. The summed E-state index contributed by atoms with van der Waals surface area (Å²) in [5, 5.41) is 4.97. The first-order valence-corrected chi connectivity index (χ1v) is 21.8. The van der Waals surface area contributed by atoms with Gasteiger partial charge in [0.25, 0.3) is 0 Å². The second-order valence-electron chi connectivity index (χ2n) is 16.7. The smallest absolute Gasteiger partial charge is 0.164 e. The van der Waals surface area contributed by atoms with Gasteiger partial charge in [-0.25, -0.2) is 15.0 Å². The van der Waals surface area contributed by atoms with Gasteiger partial charge in [0.2, 0.25) is 0 Å². The lowest BCUT2D eigenvalue weighted by Gasteiger charge is -2.12. The fourth-order valence-corrected chi connectivity index (χ4v) is 9.26. The van der Waals surface area contributed by atoms with Gasteiger partial charge in [0.05, 0.1) is 22.1 Å². The molecular weight excluding hydrogens is 779 g/mol. The summed E-state index contributed by atoms with van der Waals surface area (Å²) in [6.45, 7) is 4.18. The van der Waals surface area contributed by atoms with Crippen molar-refractivity contribution >= 4 is 43.6 Å². The van der Waals surface area contributed by atoms with E-state index in [-0.39, 0.29) is 0 Å². The highest BCUT2D eigenvalue weighted by Crippen LogP contribution is 2.38. The monoisotopic (exact) mass is 819 g/mol. The van der Waals surface area contributed by atoms with Crippen LogP contribution in [0.5, 0.6) is 0 Å². The molecule has 12 aromatic rings. The van der Waals surface area contributed by atoms with Crippen molar-refractivity contribution in [3.8, 4) is 67.8 Å². The molecule has 0 spiro atoms. The largest absolute Gasteiger partial charge is 0.309 e. The molecule has 12 rings (SSSR count). The Hall–Kier alpha value is -8.41. The summed E-state index contributed by atoms with van der Waals surface area (Å²) in [4.78, 5) is 15.0. The molecule has 0 aliphatic heterocycles. The van der Waals surface area contributed by atoms with Gasteiger partial charge < -0.3 is 9.13 Å². The predicted molar refractivity (Wildman–Crippen MR) is 265 cm³/mol. The molecule has 0 saturated heterocycles. The van der Waals surface area contributed by atoms with Crippen LogP contribution in [0, 0.1) is 13.8 Å². The Kier molecular flexibility index (Phi) is 8.87. The lowest BCUT2D eigenvalue weighted by molar-refractivity contribution is 1.07. The second-order valence-corrected chi connectivity index (χ2v) is 16.7. The van der Waals surface area contributed by atoms with Crippen molar-refractivity contribution in [3.63, 3.8) is 0 Å². The summed E-state index contributed by atoms with van der Waals surface area (Å²) < 4.78 is 4.78. The van der Waals surface area contributed by atoms with Gasteiger partial charge in [-0.3, -0.25) is 0 Å². The fraction of sp³-hybridized carbons (Fsp3) is 0.0339. The van der Waals surface area contributed by atoms with Crippen molar-refractivity contribution in [3.05, 3.63) is 223 Å². The zero-order chi connectivity index (χ0) is 42.7. The summed E-state index contributed by atoms with van der Waals surface area (Å²) in [6, 6.07) is 76.0. The normalized spacial score (nSPS) is 11.6. The summed E-state index contributed by atoms with van der Waals surface area (Å²) in [5.41, 5.74) is 16.8. The number of benzene rings is 9. The number of para-hydroxylation sites is 3. The Bertz CT molecular complexity index is 3610. The van der Waals surface area contributed by atoms with Crippen LogP contribution in [-0.4, -0.2) is 24.1 Å². The van der Waals surface area contributed by atoms with Crippen molar-refractivity contribution in [2.45, 2.75) is 13.8 Å². The van der Waals surface area contributed by atoms with Crippen LogP contribution in [-0.2, 0) is 0 Å². The minimum atomic E-state index is 0.640. The van der Waals surface area contributed by atoms with E-state index >= 15 is 0 Å². The zero-order valence-corrected chi connectivity index (χ0v) is 35.4. The second kappa shape index (κ2) is 15.2. The standard InChI is InChI=1S/C59H41N5/c1-38-21-25-41(26-22-38)57-60-58(42-27-23-39(2)24-28-42)62-59(61-57)46-13-9-11-43(35-46)40-29-32-47(33-30-40)63-53-18-6-5-17-51(53)52-34-31-45(37-56(52)63)44-12-10-14-48(36-44)64-54-19-7-3-15-49(54)50-16-4-8-20-55(50)64/h3-37H,1-2H3. The molecule has 0 aliphatic carbocycles. The number of rotatable bonds is 7. The number of aromatic nitrogens is 5. The predicted octanol–water partition coefficient (Wildman–Crippen LogP) is 15.0. The van der Waals surface area contributed by atoms with Crippen LogP contribution < -0.4 is 0 Å². The lowest BCUT2D eigenvalue weighted by atomic mass is 10.0. The molecule has 64 heavy (non-hydrogen) atoms. The van der Waals surface area contributed by atoms with Gasteiger partial charge in [0, 0.05) is 49.6 Å².